The number of halogens is 3. The summed E-state index contributed by atoms with van der Waals surface area (Å²) in [5, 5.41) is 0.637. The molecule has 0 atom stereocenters. The number of hydrogen-bond acceptors (Lipinski definition) is 3. The van der Waals surface area contributed by atoms with E-state index in [9.17, 15) is 8.78 Å². The molecule has 3 aromatic rings. The molecule has 130 valence electrons. The summed E-state index contributed by atoms with van der Waals surface area (Å²) in [5.74, 6) is 0.00258. The Morgan fingerprint density at radius 2 is 1.88 bits per heavy atom. The van der Waals surface area contributed by atoms with E-state index in [1.807, 2.05) is 41.1 Å². The van der Waals surface area contributed by atoms with Gasteiger partial charge in [-0.1, -0.05) is 17.7 Å². The van der Waals surface area contributed by atoms with Crippen LogP contribution >= 0.6 is 11.6 Å². The molecular formula is C19H11ClF2N2O2. The van der Waals surface area contributed by atoms with Gasteiger partial charge < -0.3 is 14.0 Å². The average Bonchev–Trinajstić information content (AvgIpc) is 3.14. The van der Waals surface area contributed by atoms with Crippen molar-refractivity contribution in [3.63, 3.8) is 0 Å². The third-order valence-corrected chi connectivity index (χ3v) is 4.77. The molecule has 0 N–H and O–H groups in total. The number of alkyl halides is 2. The van der Waals surface area contributed by atoms with Gasteiger partial charge in [-0.2, -0.15) is 0 Å². The Kier molecular flexibility index (Phi) is 3.15. The molecule has 0 unspecified atom stereocenters. The van der Waals surface area contributed by atoms with Crippen molar-refractivity contribution in [3.05, 3.63) is 76.6 Å². The fourth-order valence-electron chi connectivity index (χ4n) is 3.29. The lowest BCUT2D eigenvalue weighted by Gasteiger charge is -2.11. The van der Waals surface area contributed by atoms with E-state index in [1.54, 1.807) is 6.07 Å². The van der Waals surface area contributed by atoms with Gasteiger partial charge >= 0.3 is 6.29 Å². The summed E-state index contributed by atoms with van der Waals surface area (Å²) >= 11 is 6.35. The van der Waals surface area contributed by atoms with Gasteiger partial charge in [-0.25, -0.2) is 0 Å². The highest BCUT2D eigenvalue weighted by Gasteiger charge is 2.43. The molecule has 4 nitrogen and oxygen atoms in total. The molecule has 0 saturated carbocycles. The largest absolute Gasteiger partial charge is 0.586 e. The third-order valence-electron chi connectivity index (χ3n) is 4.42. The summed E-state index contributed by atoms with van der Waals surface area (Å²) in [6.07, 6.45) is -1.72. The number of hydrogen-bond donors (Lipinski definition) is 0. The van der Waals surface area contributed by atoms with Gasteiger partial charge in [-0.3, -0.25) is 4.99 Å². The number of benzene rings is 2. The Bertz CT molecular complexity index is 1080. The lowest BCUT2D eigenvalue weighted by atomic mass is 10.1. The van der Waals surface area contributed by atoms with Crippen LogP contribution in [0.25, 0.3) is 5.69 Å². The molecule has 0 fully saturated rings. The predicted molar refractivity (Wildman–Crippen MR) is 92.8 cm³/mol. The first-order valence-corrected chi connectivity index (χ1v) is 8.30. The molecule has 7 heteroatoms. The molecule has 26 heavy (non-hydrogen) atoms. The third kappa shape index (κ3) is 2.29. The van der Waals surface area contributed by atoms with Crippen molar-refractivity contribution < 1.29 is 18.3 Å². The first kappa shape index (κ1) is 15.4. The van der Waals surface area contributed by atoms with Gasteiger partial charge in [0.1, 0.15) is 0 Å². The van der Waals surface area contributed by atoms with E-state index in [4.69, 9.17) is 16.6 Å². The number of nitrogens with zero attached hydrogens (tertiary/aromatic N) is 2. The second kappa shape index (κ2) is 5.32. The molecule has 3 heterocycles. The molecule has 0 saturated heterocycles. The highest BCUT2D eigenvalue weighted by molar-refractivity contribution is 6.31. The molecule has 5 rings (SSSR count). The van der Waals surface area contributed by atoms with Gasteiger partial charge in [0, 0.05) is 22.3 Å². The standard InChI is InChI=1S/C19H11ClF2N2O2/c20-13-3-1-4-14-12(13)10-23-18(15-5-2-8-24(14)15)11-6-7-16-17(9-11)26-19(21,22)25-16/h1-9H,10H2. The summed E-state index contributed by atoms with van der Waals surface area (Å²) in [7, 11) is 0. The van der Waals surface area contributed by atoms with Crippen molar-refractivity contribution in [2.75, 3.05) is 0 Å². The smallest absolute Gasteiger partial charge is 0.395 e. The second-order valence-corrected chi connectivity index (χ2v) is 6.40. The van der Waals surface area contributed by atoms with E-state index < -0.39 is 6.29 Å². The highest BCUT2D eigenvalue weighted by atomic mass is 35.5. The van der Waals surface area contributed by atoms with Gasteiger partial charge in [0.05, 0.1) is 23.6 Å². The maximum absolute atomic E-state index is 13.3. The summed E-state index contributed by atoms with van der Waals surface area (Å²) in [6.45, 7) is 0.386. The van der Waals surface area contributed by atoms with Crippen molar-refractivity contribution in [2.45, 2.75) is 12.8 Å². The fraction of sp³-hybridized carbons (Fsp3) is 0.105. The number of ether oxygens (including phenoxy) is 2. The molecule has 0 aliphatic carbocycles. The molecule has 1 aromatic heterocycles. The van der Waals surface area contributed by atoms with Crippen molar-refractivity contribution >= 4 is 17.3 Å². The van der Waals surface area contributed by atoms with Crippen molar-refractivity contribution in [3.8, 4) is 17.2 Å². The topological polar surface area (TPSA) is 35.8 Å². The number of fused-ring (bicyclic) bond motifs is 4. The van der Waals surface area contributed by atoms with Crippen LogP contribution in [0.5, 0.6) is 11.5 Å². The Balaban J connectivity index is 1.65. The zero-order valence-electron chi connectivity index (χ0n) is 13.2. The lowest BCUT2D eigenvalue weighted by Crippen LogP contribution is -2.25. The van der Waals surface area contributed by atoms with Crippen LogP contribution in [0.2, 0.25) is 5.02 Å². The van der Waals surface area contributed by atoms with Gasteiger partial charge in [0.2, 0.25) is 0 Å². The number of rotatable bonds is 1. The summed E-state index contributed by atoms with van der Waals surface area (Å²) < 4.78 is 37.6. The summed E-state index contributed by atoms with van der Waals surface area (Å²) in [6, 6.07) is 14.2. The van der Waals surface area contributed by atoms with Crippen LogP contribution in [0, 0.1) is 0 Å². The maximum atomic E-state index is 13.3. The van der Waals surface area contributed by atoms with Gasteiger partial charge in [-0.05, 0) is 42.5 Å². The molecule has 0 spiro atoms. The molecular weight excluding hydrogens is 362 g/mol. The van der Waals surface area contributed by atoms with Crippen LogP contribution in [0.4, 0.5) is 8.78 Å². The lowest BCUT2D eigenvalue weighted by molar-refractivity contribution is -0.286. The number of aliphatic imine (C=N–C) groups is 1. The number of aromatic nitrogens is 1. The second-order valence-electron chi connectivity index (χ2n) is 5.99. The fourth-order valence-corrected chi connectivity index (χ4v) is 3.52. The van der Waals surface area contributed by atoms with Crippen LogP contribution in [-0.4, -0.2) is 16.6 Å². The molecule has 0 bridgehead atoms. The zero-order valence-corrected chi connectivity index (χ0v) is 14.0. The summed E-state index contributed by atoms with van der Waals surface area (Å²) in [4.78, 5) is 4.70. The minimum Gasteiger partial charge on any atom is -0.395 e. The van der Waals surface area contributed by atoms with Crippen LogP contribution in [0.3, 0.4) is 0 Å². The van der Waals surface area contributed by atoms with Gasteiger partial charge in [0.25, 0.3) is 0 Å². The Labute approximate surface area is 152 Å². The zero-order chi connectivity index (χ0) is 17.9. The van der Waals surface area contributed by atoms with Crippen molar-refractivity contribution in [1.82, 2.24) is 4.57 Å². The Hall–Kier alpha value is -2.86. The molecule has 0 amide bonds. The van der Waals surface area contributed by atoms with Crippen LogP contribution < -0.4 is 9.47 Å². The van der Waals surface area contributed by atoms with Crippen molar-refractivity contribution in [1.29, 1.82) is 0 Å². The minimum absolute atomic E-state index is 0.00639. The minimum atomic E-state index is -3.64. The normalized spacial score (nSPS) is 16.5. The Morgan fingerprint density at radius 1 is 1.04 bits per heavy atom. The van der Waals surface area contributed by atoms with E-state index >= 15 is 0 Å². The summed E-state index contributed by atoms with van der Waals surface area (Å²) in [5.41, 5.74) is 4.03. The first-order valence-electron chi connectivity index (χ1n) is 7.92. The molecule has 2 aromatic carbocycles. The maximum Gasteiger partial charge on any atom is 0.586 e. The molecule has 0 radical (unpaired) electrons. The van der Waals surface area contributed by atoms with Crippen LogP contribution in [0.15, 0.2) is 59.7 Å². The van der Waals surface area contributed by atoms with E-state index in [0.717, 1.165) is 16.9 Å². The average molecular weight is 373 g/mol. The quantitative estimate of drug-likeness (QED) is 0.615. The van der Waals surface area contributed by atoms with Crippen LogP contribution in [-0.2, 0) is 6.54 Å². The molecule has 2 aliphatic rings. The van der Waals surface area contributed by atoms with Crippen LogP contribution in [0.1, 0.15) is 16.8 Å². The highest BCUT2D eigenvalue weighted by Crippen LogP contribution is 2.42. The SMILES string of the molecule is FC1(F)Oc2ccc(C3=NCc4c(Cl)cccc4-n4cccc43)cc2O1. The Morgan fingerprint density at radius 3 is 2.77 bits per heavy atom. The van der Waals surface area contributed by atoms with E-state index in [0.29, 0.717) is 22.8 Å². The monoisotopic (exact) mass is 372 g/mol. The van der Waals surface area contributed by atoms with E-state index in [2.05, 4.69) is 9.47 Å². The van der Waals surface area contributed by atoms with E-state index in [1.165, 1.54) is 12.1 Å². The molecule has 2 aliphatic heterocycles. The van der Waals surface area contributed by atoms with Crippen molar-refractivity contribution in [2.24, 2.45) is 4.99 Å². The van der Waals surface area contributed by atoms with Gasteiger partial charge in [0.15, 0.2) is 11.5 Å². The van der Waals surface area contributed by atoms with E-state index in [-0.39, 0.29) is 11.5 Å². The first-order chi connectivity index (χ1) is 12.5. The van der Waals surface area contributed by atoms with Gasteiger partial charge in [-0.15, -0.1) is 8.78 Å². The predicted octanol–water partition coefficient (Wildman–Crippen LogP) is 4.80.